The van der Waals surface area contributed by atoms with E-state index in [9.17, 15) is 5.26 Å². The number of rotatable bonds is 7. The number of hydrogen-bond donors (Lipinski definition) is 0. The quantitative estimate of drug-likeness (QED) is 0.146. The molecule has 418 valence electrons. The molecule has 0 radical (unpaired) electrons. The molecule has 12 rings (SSSR count). The highest BCUT2D eigenvalue weighted by Crippen LogP contribution is 2.49. The molecule has 0 N–H and O–H groups in total. The molecule has 0 aliphatic heterocycles. The molecule has 0 aliphatic rings. The van der Waals surface area contributed by atoms with Crippen molar-refractivity contribution in [3.8, 4) is 73.1 Å². The van der Waals surface area contributed by atoms with Crippen LogP contribution in [-0.2, 0) is 12.4 Å². The Bertz CT molecular complexity index is 4230. The van der Waals surface area contributed by atoms with Crippen molar-refractivity contribution in [3.63, 3.8) is 0 Å². The number of nitriles is 1. The topological polar surface area (TPSA) is 33.6 Å². The number of aryl methyl sites for hydroxylation is 12. The number of alkyl halides is 6. The lowest BCUT2D eigenvalue weighted by Gasteiger charge is -2.22. The molecule has 0 spiro atoms. The van der Waals surface area contributed by atoms with E-state index in [0.717, 1.165) is 139 Å². The van der Waals surface area contributed by atoms with E-state index < -0.39 is 29.0 Å². The van der Waals surface area contributed by atoms with E-state index in [2.05, 4.69) is 162 Å². The summed E-state index contributed by atoms with van der Waals surface area (Å²) in [4.78, 5) is 0. The first-order valence-corrected chi connectivity index (χ1v) is 28.2. The highest BCUT2D eigenvalue weighted by atomic mass is 19.4. The number of benzene rings is 10. The number of hydrogen-bond acceptors (Lipinski definition) is 1. The first-order valence-electron chi connectivity index (χ1n) is 28.2. The van der Waals surface area contributed by atoms with Crippen molar-refractivity contribution in [2.45, 2.75) is 95.4 Å². The number of aromatic nitrogens is 2. The van der Waals surface area contributed by atoms with Gasteiger partial charge in [0.1, 0.15) is 11.6 Å². The first kappa shape index (κ1) is 55.4. The van der Waals surface area contributed by atoms with Crippen molar-refractivity contribution in [2.24, 2.45) is 0 Å². The maximum atomic E-state index is 15.6. The van der Waals surface area contributed by atoms with Gasteiger partial charge < -0.3 is 9.13 Å². The zero-order valence-electron chi connectivity index (χ0n) is 49.0. The van der Waals surface area contributed by atoms with Gasteiger partial charge in [-0.15, -0.1) is 0 Å². The van der Waals surface area contributed by atoms with Crippen molar-refractivity contribution in [2.75, 3.05) is 0 Å². The highest BCUT2D eigenvalue weighted by molar-refractivity contribution is 6.14. The molecule has 0 atom stereocenters. The van der Waals surface area contributed by atoms with E-state index in [1.54, 1.807) is 0 Å². The maximum Gasteiger partial charge on any atom is 0.417 e. The van der Waals surface area contributed by atoms with Gasteiger partial charge in [-0.1, -0.05) is 101 Å². The second-order valence-electron chi connectivity index (χ2n) is 23.4. The van der Waals surface area contributed by atoms with Crippen LogP contribution in [0.15, 0.2) is 152 Å². The standard InChI is InChI=1S/C75H61F6N3/c1-39-24-43(5)69(44(6)25-39)51-16-20-63-56(32-51)57-33-52(70-45(7)26-40(2)27-46(70)8)17-21-64(57)83(63)67-36-55(73-61(74(76,77)78)14-13-15-62(73)75(79,80)81)37-68(60(67)38-82)84-65-22-18-53(71-47(9)28-41(3)29-48(71)10)34-58(65)59-35-54(19-23-66(59)84)72-49(11)30-42(4)31-50(72)12/h13-37H,1-12H3. The summed E-state index contributed by atoms with van der Waals surface area (Å²) in [6.45, 7) is 24.9. The molecule has 2 heterocycles. The van der Waals surface area contributed by atoms with Crippen molar-refractivity contribution in [3.05, 3.63) is 235 Å². The molecule has 84 heavy (non-hydrogen) atoms. The Kier molecular flexibility index (Phi) is 13.2. The molecule has 10 aromatic carbocycles. The predicted octanol–water partition coefficient (Wildman–Crippen LogP) is 21.8. The second-order valence-corrected chi connectivity index (χ2v) is 23.4. The van der Waals surface area contributed by atoms with Crippen LogP contribution >= 0.6 is 0 Å². The van der Waals surface area contributed by atoms with Gasteiger partial charge in [0, 0.05) is 27.1 Å². The fourth-order valence-corrected chi connectivity index (χ4v) is 14.3. The van der Waals surface area contributed by atoms with Gasteiger partial charge >= 0.3 is 12.4 Å². The van der Waals surface area contributed by atoms with Gasteiger partial charge in [-0.25, -0.2) is 0 Å². The van der Waals surface area contributed by atoms with Gasteiger partial charge in [0.2, 0.25) is 0 Å². The summed E-state index contributed by atoms with van der Waals surface area (Å²) in [7, 11) is 0. The van der Waals surface area contributed by atoms with E-state index in [0.29, 0.717) is 34.2 Å². The van der Waals surface area contributed by atoms with Gasteiger partial charge in [-0.2, -0.15) is 31.6 Å². The summed E-state index contributed by atoms with van der Waals surface area (Å²) in [5.41, 5.74) is 19.4. The average Bonchev–Trinajstić information content (AvgIpc) is 2.82. The molecule has 9 heteroatoms. The third kappa shape index (κ3) is 9.15. The van der Waals surface area contributed by atoms with Crippen LogP contribution in [0.2, 0.25) is 0 Å². The summed E-state index contributed by atoms with van der Waals surface area (Å²) < 4.78 is 97.5. The Balaban J connectivity index is 1.25. The third-order valence-corrected chi connectivity index (χ3v) is 17.0. The largest absolute Gasteiger partial charge is 0.417 e. The molecule has 0 saturated carbocycles. The van der Waals surface area contributed by atoms with Crippen LogP contribution in [0.4, 0.5) is 26.3 Å². The van der Waals surface area contributed by atoms with Crippen LogP contribution in [0.3, 0.4) is 0 Å². The first-order chi connectivity index (χ1) is 39.8. The third-order valence-electron chi connectivity index (χ3n) is 17.0. The zero-order valence-corrected chi connectivity index (χ0v) is 49.0. The van der Waals surface area contributed by atoms with Crippen LogP contribution in [0.1, 0.15) is 83.5 Å². The maximum absolute atomic E-state index is 15.6. The SMILES string of the molecule is Cc1cc(C)c(-c2ccc3c(c2)c2cc(-c4c(C)cc(C)cc4C)ccc2n3-c2cc(-c3c(C(F)(F)F)cccc3C(F)(F)F)cc(-n3c4ccc(-c5c(C)cc(C)cc5C)cc4c4cc(-c5c(C)cc(C)cc5C)ccc43)c2C#N)c(C)c1. The molecular formula is C75H61F6N3. The van der Waals surface area contributed by atoms with Crippen molar-refractivity contribution in [1.82, 2.24) is 9.13 Å². The highest BCUT2D eigenvalue weighted by Gasteiger charge is 2.42. The van der Waals surface area contributed by atoms with Crippen molar-refractivity contribution >= 4 is 43.6 Å². The lowest BCUT2D eigenvalue weighted by Crippen LogP contribution is -2.15. The minimum atomic E-state index is -5.21. The van der Waals surface area contributed by atoms with E-state index in [-0.39, 0.29) is 22.5 Å². The number of fused-ring (bicyclic) bond motifs is 6. The molecule has 0 unspecified atom stereocenters. The molecule has 3 nitrogen and oxygen atoms in total. The Labute approximate surface area is 485 Å². The minimum Gasteiger partial charge on any atom is -0.308 e. The van der Waals surface area contributed by atoms with E-state index in [4.69, 9.17) is 0 Å². The van der Waals surface area contributed by atoms with Gasteiger partial charge in [0.05, 0.1) is 44.6 Å². The molecule has 0 bridgehead atoms. The fraction of sp³-hybridized carbons (Fsp3) is 0.187. The Hall–Kier alpha value is -9.13. The Morgan fingerprint density at radius 2 is 0.560 bits per heavy atom. The molecule has 12 aromatic rings. The van der Waals surface area contributed by atoms with E-state index in [1.807, 2.05) is 57.7 Å². The molecule has 0 aliphatic carbocycles. The van der Waals surface area contributed by atoms with E-state index in [1.165, 1.54) is 12.1 Å². The summed E-state index contributed by atoms with van der Waals surface area (Å²) in [5, 5.41) is 15.1. The van der Waals surface area contributed by atoms with Crippen LogP contribution < -0.4 is 0 Å². The van der Waals surface area contributed by atoms with E-state index >= 15 is 26.3 Å². The lowest BCUT2D eigenvalue weighted by atomic mass is 9.91. The monoisotopic (exact) mass is 1120 g/mol. The van der Waals surface area contributed by atoms with Crippen molar-refractivity contribution in [1.29, 1.82) is 5.26 Å². The summed E-state index contributed by atoms with van der Waals surface area (Å²) in [5.74, 6) is 0. The normalized spacial score (nSPS) is 12.2. The summed E-state index contributed by atoms with van der Waals surface area (Å²) in [6.07, 6.45) is -10.4. The van der Waals surface area contributed by atoms with Crippen LogP contribution in [0.25, 0.3) is 111 Å². The smallest absolute Gasteiger partial charge is 0.308 e. The molecule has 0 amide bonds. The summed E-state index contributed by atoms with van der Waals surface area (Å²) in [6, 6.07) is 48.9. The molecule has 0 fully saturated rings. The number of nitrogens with zero attached hydrogens (tertiary/aromatic N) is 3. The minimum absolute atomic E-state index is 0.0431. The molecular weight excluding hydrogens is 1060 g/mol. The van der Waals surface area contributed by atoms with Crippen LogP contribution in [0, 0.1) is 94.4 Å². The number of halogens is 6. The predicted molar refractivity (Wildman–Crippen MR) is 334 cm³/mol. The van der Waals surface area contributed by atoms with Gasteiger partial charge in [0.15, 0.2) is 0 Å². The van der Waals surface area contributed by atoms with Gasteiger partial charge in [-0.3, -0.25) is 0 Å². The Morgan fingerprint density at radius 1 is 0.310 bits per heavy atom. The average molecular weight is 1120 g/mol. The van der Waals surface area contributed by atoms with Crippen molar-refractivity contribution < 1.29 is 26.3 Å². The van der Waals surface area contributed by atoms with Crippen LogP contribution in [0.5, 0.6) is 0 Å². The zero-order chi connectivity index (χ0) is 59.7. The second kappa shape index (κ2) is 20.1. The lowest BCUT2D eigenvalue weighted by molar-refractivity contribution is -0.142. The summed E-state index contributed by atoms with van der Waals surface area (Å²) >= 11 is 0. The Morgan fingerprint density at radius 3 is 0.786 bits per heavy atom. The fourth-order valence-electron chi connectivity index (χ4n) is 14.3. The van der Waals surface area contributed by atoms with Gasteiger partial charge in [0.25, 0.3) is 0 Å². The molecule has 2 aromatic heterocycles. The van der Waals surface area contributed by atoms with Crippen LogP contribution in [-0.4, -0.2) is 9.13 Å². The van der Waals surface area contributed by atoms with Gasteiger partial charge in [-0.05, 0) is 250 Å². The molecule has 0 saturated heterocycles.